The van der Waals surface area contributed by atoms with E-state index in [1.165, 1.54) is 398 Å². The molecular weight excluding hydrogens is 1740 g/mol. The minimum absolute atomic E-state index is 0.0305. The monoisotopic (exact) mass is 1980 g/mol. The number of nitrogens with zero attached hydrogens (tertiary/aromatic N) is 6. The van der Waals surface area contributed by atoms with E-state index < -0.39 is 0 Å². The minimum atomic E-state index is -0.0370. The smallest absolute Gasteiger partial charge is 0.229 e. The second kappa shape index (κ2) is 112. The van der Waals surface area contributed by atoms with Crippen LogP contribution in [0.5, 0.6) is 0 Å². The lowest BCUT2D eigenvalue weighted by Gasteiger charge is -2.29. The Bertz CT molecular complexity index is 2450. The van der Waals surface area contributed by atoms with Crippen molar-refractivity contribution in [2.24, 2.45) is 0 Å². The van der Waals surface area contributed by atoms with E-state index in [1.54, 1.807) is 14.7 Å². The molecule has 0 heterocycles. The van der Waals surface area contributed by atoms with E-state index in [9.17, 15) is 38.4 Å². The predicted octanol–water partition coefficient (Wildman–Crippen LogP) is 37.9. The third-order valence-corrected chi connectivity index (χ3v) is 30.7. The molecule has 0 aliphatic heterocycles. The molecule has 0 saturated heterocycles. The van der Waals surface area contributed by atoms with Crippen LogP contribution in [0.1, 0.15) is 691 Å². The molecule has 141 heavy (non-hydrogen) atoms. The Balaban J connectivity index is 7.89. The van der Waals surface area contributed by atoms with Crippen LogP contribution in [-0.4, -0.2) is 155 Å². The highest BCUT2D eigenvalue weighted by Gasteiger charge is 2.26. The van der Waals surface area contributed by atoms with Gasteiger partial charge in [0.15, 0.2) is 0 Å². The van der Waals surface area contributed by atoms with Crippen LogP contribution in [0.25, 0.3) is 0 Å². The molecule has 0 aromatic carbocycles. The molecule has 6 amide bonds. The molecule has 0 radical (unpaired) electrons. The summed E-state index contributed by atoms with van der Waals surface area (Å²) in [7, 11) is 0. The maximum Gasteiger partial charge on any atom is 0.229 e. The maximum absolute atomic E-state index is 14.7. The van der Waals surface area contributed by atoms with Gasteiger partial charge in [0.2, 0.25) is 35.4 Å². The Morgan fingerprint density at radius 3 is 0.355 bits per heavy atom. The summed E-state index contributed by atoms with van der Waals surface area (Å²) in [5.74, 6) is 0.245. The molecule has 0 spiro atoms. The first-order valence-corrected chi connectivity index (χ1v) is 64.0. The van der Waals surface area contributed by atoms with Crippen LogP contribution in [0.15, 0.2) is 0 Å². The molecule has 0 bridgehead atoms. The van der Waals surface area contributed by atoms with Crippen LogP contribution >= 0.6 is 0 Å². The van der Waals surface area contributed by atoms with Crippen molar-refractivity contribution >= 4 is 47.0 Å². The number of hydrogen-bond donors (Lipinski definition) is 0. The zero-order chi connectivity index (χ0) is 103. The first kappa shape index (κ1) is 138. The number of amides is 6. The number of hydrogen-bond acceptors (Lipinski definition) is 11. The summed E-state index contributed by atoms with van der Waals surface area (Å²) in [6, 6.07) is 0. The molecule has 0 aromatic heterocycles. The van der Waals surface area contributed by atoms with E-state index in [-0.39, 0.29) is 60.1 Å². The standard InChI is InChI=1S/C127H246N6O8/c1-9-17-25-33-41-49-57-65-73-81-89-102-122(136)131(123(137)103-90-82-74-66-58-50-42-34-26-18-10-2)115-97-111-128(110-96-114-130(118-120(134)100-87-79-71-63-55-47-39-31-23-15-7)119-121(135)101-88-80-72-64-56-48-40-32-24-16-8)108-95-109-129(112-98-116-132(124(138)104-91-83-75-67-59-51-43-35-27-19-11-3)125(139)105-92-84-76-68-60-52-44-36-28-20-12-4)113-99-117-133(126(140)106-93-85-77-69-61-53-45-37-29-21-13-5)127(141)107-94-86-78-70-62-54-46-38-30-22-14-6/h9-119H2,1-8H3. The number of imide groups is 3. The molecule has 832 valence electrons. The zero-order valence-corrected chi connectivity index (χ0v) is 96.4. The number of ketones is 2. The van der Waals surface area contributed by atoms with E-state index in [0.717, 1.165) is 187 Å². The molecule has 0 saturated carbocycles. The van der Waals surface area contributed by atoms with Gasteiger partial charge in [-0.2, -0.15) is 0 Å². The third kappa shape index (κ3) is 96.0. The van der Waals surface area contributed by atoms with Crippen molar-refractivity contribution in [2.45, 2.75) is 691 Å². The van der Waals surface area contributed by atoms with Gasteiger partial charge in [-0.25, -0.2) is 0 Å². The molecule has 14 heteroatoms. The Labute approximate surface area is 879 Å². The average Bonchev–Trinajstić information content (AvgIpc) is 0.899. The molecule has 0 aromatic rings. The van der Waals surface area contributed by atoms with E-state index in [2.05, 4.69) is 70.1 Å². The van der Waals surface area contributed by atoms with Gasteiger partial charge >= 0.3 is 0 Å². The quantitative estimate of drug-likeness (QED) is 0.0534. The van der Waals surface area contributed by atoms with Gasteiger partial charge < -0.3 is 9.80 Å². The molecular formula is C127H246N6O8. The molecule has 0 unspecified atom stereocenters. The molecule has 14 nitrogen and oxygen atoms in total. The van der Waals surface area contributed by atoms with Gasteiger partial charge in [-0.15, -0.1) is 0 Å². The highest BCUT2D eigenvalue weighted by molar-refractivity contribution is 5.96. The topological polar surface area (TPSA) is 156 Å². The fraction of sp³-hybridized carbons (Fsp3) is 0.937. The number of unbranched alkanes of at least 4 members (excludes halogenated alkanes) is 78. The van der Waals surface area contributed by atoms with Crippen LogP contribution in [0.4, 0.5) is 0 Å². The van der Waals surface area contributed by atoms with Crippen molar-refractivity contribution in [3.8, 4) is 0 Å². The van der Waals surface area contributed by atoms with Gasteiger partial charge in [-0.1, -0.05) is 556 Å². The van der Waals surface area contributed by atoms with Crippen molar-refractivity contribution in [1.82, 2.24) is 29.4 Å². The van der Waals surface area contributed by atoms with Crippen molar-refractivity contribution in [3.05, 3.63) is 0 Å². The van der Waals surface area contributed by atoms with Crippen LogP contribution in [0.2, 0.25) is 0 Å². The summed E-state index contributed by atoms with van der Waals surface area (Å²) < 4.78 is 0. The van der Waals surface area contributed by atoms with Crippen LogP contribution in [-0.2, 0) is 38.4 Å². The van der Waals surface area contributed by atoms with Crippen molar-refractivity contribution in [3.63, 3.8) is 0 Å². The normalized spacial score (nSPS) is 11.7. The summed E-state index contributed by atoms with van der Waals surface area (Å²) in [4.78, 5) is 129. The van der Waals surface area contributed by atoms with Gasteiger partial charge in [0, 0.05) is 77.5 Å². The SMILES string of the molecule is CCCCCCCCCCCCCC(=O)N(CCCN(CCCN(CCCN(C(=O)CCCCCCCCCCCCC)C(=O)CCCCCCCCCCCCC)CCCN(C(=O)CCCCCCCCCCCCC)C(=O)CCCCCCCCCCCCC)CCCN(CC(=O)CCCCCCCCCCCC)CC(=O)CCCCCCCCCCCC)C(=O)CCCCCCCCCCCCC. The van der Waals surface area contributed by atoms with Gasteiger partial charge in [0.25, 0.3) is 0 Å². The Morgan fingerprint density at radius 1 is 0.113 bits per heavy atom. The van der Waals surface area contributed by atoms with Crippen LogP contribution in [0, 0.1) is 0 Å². The second-order valence-corrected chi connectivity index (χ2v) is 44.6. The summed E-state index contributed by atoms with van der Waals surface area (Å²) >= 11 is 0. The Morgan fingerprint density at radius 2 is 0.220 bits per heavy atom. The molecule has 0 rings (SSSR count). The first-order valence-electron chi connectivity index (χ1n) is 64.0. The number of Topliss-reactive ketones (excluding diaryl/α,β-unsaturated/α-hetero) is 2. The van der Waals surface area contributed by atoms with Crippen molar-refractivity contribution in [2.75, 3.05) is 78.5 Å². The van der Waals surface area contributed by atoms with E-state index in [1.807, 2.05) is 0 Å². The Kier molecular flexibility index (Phi) is 110. The van der Waals surface area contributed by atoms with Crippen LogP contribution < -0.4 is 0 Å². The van der Waals surface area contributed by atoms with Gasteiger partial charge in [-0.05, 0) is 123 Å². The van der Waals surface area contributed by atoms with Crippen molar-refractivity contribution < 1.29 is 38.4 Å². The van der Waals surface area contributed by atoms with E-state index >= 15 is 0 Å². The number of carbonyl (C=O) groups excluding carboxylic acids is 8. The first-order chi connectivity index (χ1) is 69.3. The summed E-state index contributed by atoms with van der Waals surface area (Å²) in [5.41, 5.74) is 0. The number of carbonyl (C=O) groups is 8. The molecule has 0 N–H and O–H groups in total. The van der Waals surface area contributed by atoms with Gasteiger partial charge in [0.1, 0.15) is 11.6 Å². The van der Waals surface area contributed by atoms with E-state index in [0.29, 0.717) is 116 Å². The van der Waals surface area contributed by atoms with Crippen molar-refractivity contribution in [1.29, 1.82) is 0 Å². The number of rotatable bonds is 118. The lowest BCUT2D eigenvalue weighted by atomic mass is 10.0. The average molecular weight is 1990 g/mol. The minimum Gasteiger partial charge on any atom is -0.303 e. The fourth-order valence-electron chi connectivity index (χ4n) is 21.2. The molecule has 0 fully saturated rings. The summed E-state index contributed by atoms with van der Waals surface area (Å²) in [5, 5.41) is 0. The maximum atomic E-state index is 14.7. The highest BCUT2D eigenvalue weighted by atomic mass is 16.2. The van der Waals surface area contributed by atoms with Gasteiger partial charge in [-0.3, -0.25) is 58.0 Å². The van der Waals surface area contributed by atoms with Crippen LogP contribution in [0.3, 0.4) is 0 Å². The third-order valence-electron chi connectivity index (χ3n) is 30.7. The largest absolute Gasteiger partial charge is 0.303 e. The lowest BCUT2D eigenvalue weighted by molar-refractivity contribution is -0.146. The van der Waals surface area contributed by atoms with Gasteiger partial charge in [0.05, 0.1) is 13.1 Å². The van der Waals surface area contributed by atoms with E-state index in [4.69, 9.17) is 0 Å². The second-order valence-electron chi connectivity index (χ2n) is 44.6. The summed E-state index contributed by atoms with van der Waals surface area (Å²) in [6.45, 7) is 24.7. The molecule has 0 aliphatic carbocycles. The summed E-state index contributed by atoms with van der Waals surface area (Å²) in [6.07, 6.45) is 110. The molecule has 0 aliphatic rings. The highest BCUT2D eigenvalue weighted by Crippen LogP contribution is 2.25. The predicted molar refractivity (Wildman–Crippen MR) is 612 cm³/mol. The lowest BCUT2D eigenvalue weighted by Crippen LogP contribution is -2.41. The molecule has 0 atom stereocenters. The fourth-order valence-corrected chi connectivity index (χ4v) is 21.2. The zero-order valence-electron chi connectivity index (χ0n) is 96.4. The Hall–Kier alpha value is -3.36.